The summed E-state index contributed by atoms with van der Waals surface area (Å²) in [4.78, 5) is 16.8. The van der Waals surface area contributed by atoms with Crippen LogP contribution in [0.1, 0.15) is 17.4 Å². The Hall–Kier alpha value is -1.72. The van der Waals surface area contributed by atoms with Gasteiger partial charge in [0, 0.05) is 10.4 Å². The number of rotatable bonds is 4. The van der Waals surface area contributed by atoms with Gasteiger partial charge in [0.1, 0.15) is 0 Å². The molecular formula is C14H17N3OS. The van der Waals surface area contributed by atoms with E-state index < -0.39 is 0 Å². The molecule has 100 valence electrons. The molecule has 0 unspecified atom stereocenters. The Morgan fingerprint density at radius 2 is 2.05 bits per heavy atom. The summed E-state index contributed by atoms with van der Waals surface area (Å²) in [6.07, 6.45) is 1.02. The van der Waals surface area contributed by atoms with Gasteiger partial charge in [-0.3, -0.25) is 4.79 Å². The van der Waals surface area contributed by atoms with Crippen LogP contribution >= 0.6 is 11.3 Å². The van der Waals surface area contributed by atoms with Gasteiger partial charge in [-0.2, -0.15) is 0 Å². The number of nitrogens with zero attached hydrogens (tertiary/aromatic N) is 1. The van der Waals surface area contributed by atoms with E-state index in [-0.39, 0.29) is 12.5 Å². The van der Waals surface area contributed by atoms with E-state index in [1.54, 1.807) is 0 Å². The minimum atomic E-state index is -0.221. The zero-order valence-electron chi connectivity index (χ0n) is 11.1. The molecule has 0 saturated heterocycles. The van der Waals surface area contributed by atoms with Gasteiger partial charge in [-0.05, 0) is 18.9 Å². The summed E-state index contributed by atoms with van der Waals surface area (Å²) in [5.41, 5.74) is 8.56. The monoisotopic (exact) mass is 275 g/mol. The van der Waals surface area contributed by atoms with Crippen molar-refractivity contribution in [2.75, 3.05) is 11.9 Å². The molecule has 4 nitrogen and oxygen atoms in total. The van der Waals surface area contributed by atoms with Crippen molar-refractivity contribution in [3.8, 4) is 11.3 Å². The predicted octanol–water partition coefficient (Wildman–Crippen LogP) is 2.58. The molecule has 0 aliphatic heterocycles. The molecule has 0 saturated carbocycles. The van der Waals surface area contributed by atoms with Crippen LogP contribution < -0.4 is 11.1 Å². The van der Waals surface area contributed by atoms with E-state index >= 15 is 0 Å². The van der Waals surface area contributed by atoms with Crippen LogP contribution in [0.25, 0.3) is 11.3 Å². The highest BCUT2D eigenvalue weighted by Gasteiger charge is 2.11. The van der Waals surface area contributed by atoms with Crippen LogP contribution in [0.5, 0.6) is 0 Å². The molecule has 0 aliphatic rings. The van der Waals surface area contributed by atoms with Crippen molar-refractivity contribution in [2.24, 2.45) is 5.73 Å². The molecule has 2 aromatic rings. The summed E-state index contributed by atoms with van der Waals surface area (Å²) in [6, 6.07) is 8.34. The van der Waals surface area contributed by atoms with Crippen LogP contribution in [0, 0.1) is 6.92 Å². The summed E-state index contributed by atoms with van der Waals surface area (Å²) in [7, 11) is 0. The maximum Gasteiger partial charge on any atom is 0.239 e. The smallest absolute Gasteiger partial charge is 0.239 e. The van der Waals surface area contributed by atoms with Crippen molar-refractivity contribution in [3.05, 3.63) is 34.7 Å². The number of nitrogens with two attached hydrogens (primary N) is 1. The fourth-order valence-corrected chi connectivity index (χ4v) is 2.64. The van der Waals surface area contributed by atoms with E-state index in [1.807, 2.05) is 6.92 Å². The number of carbonyl (C=O) groups excluding carboxylic acids is 1. The molecule has 1 amide bonds. The number of nitrogens with one attached hydrogen (secondary N) is 1. The lowest BCUT2D eigenvalue weighted by molar-refractivity contribution is -0.114. The number of aromatic nitrogens is 1. The molecule has 3 N–H and O–H groups in total. The van der Waals surface area contributed by atoms with E-state index in [2.05, 4.69) is 41.5 Å². The Morgan fingerprint density at radius 3 is 2.63 bits per heavy atom. The quantitative estimate of drug-likeness (QED) is 0.901. The van der Waals surface area contributed by atoms with Crippen molar-refractivity contribution in [2.45, 2.75) is 20.3 Å². The SMILES string of the molecule is CCc1ccc(-c2nc(NC(=O)CN)sc2C)cc1. The zero-order chi connectivity index (χ0) is 13.8. The highest BCUT2D eigenvalue weighted by atomic mass is 32.1. The fourth-order valence-electron chi connectivity index (χ4n) is 1.79. The van der Waals surface area contributed by atoms with E-state index in [1.165, 1.54) is 16.9 Å². The highest BCUT2D eigenvalue weighted by Crippen LogP contribution is 2.30. The molecule has 19 heavy (non-hydrogen) atoms. The average molecular weight is 275 g/mol. The summed E-state index contributed by atoms with van der Waals surface area (Å²) >= 11 is 1.46. The van der Waals surface area contributed by atoms with Gasteiger partial charge in [-0.15, -0.1) is 11.3 Å². The normalized spacial score (nSPS) is 10.5. The van der Waals surface area contributed by atoms with Crippen LogP contribution in [0.4, 0.5) is 5.13 Å². The minimum Gasteiger partial charge on any atom is -0.322 e. The molecule has 0 spiro atoms. The molecule has 5 heteroatoms. The summed E-state index contributed by atoms with van der Waals surface area (Å²) < 4.78 is 0. The molecule has 1 aromatic heterocycles. The number of benzene rings is 1. The molecule has 0 fully saturated rings. The topological polar surface area (TPSA) is 68.0 Å². The second-order valence-electron chi connectivity index (χ2n) is 4.23. The van der Waals surface area contributed by atoms with Gasteiger partial charge in [-0.1, -0.05) is 31.2 Å². The summed E-state index contributed by atoms with van der Waals surface area (Å²) in [5, 5.41) is 3.29. The van der Waals surface area contributed by atoms with E-state index in [0.29, 0.717) is 5.13 Å². The number of amides is 1. The maximum atomic E-state index is 11.3. The molecule has 0 radical (unpaired) electrons. The van der Waals surface area contributed by atoms with Gasteiger partial charge in [0.05, 0.1) is 12.2 Å². The van der Waals surface area contributed by atoms with Crippen LogP contribution in [0.15, 0.2) is 24.3 Å². The van der Waals surface area contributed by atoms with E-state index in [0.717, 1.165) is 22.6 Å². The van der Waals surface area contributed by atoms with Gasteiger partial charge in [0.15, 0.2) is 5.13 Å². The van der Waals surface area contributed by atoms with Crippen molar-refractivity contribution in [3.63, 3.8) is 0 Å². The van der Waals surface area contributed by atoms with Crippen LogP contribution in [-0.2, 0) is 11.2 Å². The first-order chi connectivity index (χ1) is 9.13. The number of hydrogen-bond acceptors (Lipinski definition) is 4. The molecule has 0 atom stereocenters. The largest absolute Gasteiger partial charge is 0.322 e. The van der Waals surface area contributed by atoms with Crippen LogP contribution in [-0.4, -0.2) is 17.4 Å². The third-order valence-electron chi connectivity index (χ3n) is 2.86. The van der Waals surface area contributed by atoms with Crippen molar-refractivity contribution >= 4 is 22.4 Å². The van der Waals surface area contributed by atoms with Crippen LogP contribution in [0.2, 0.25) is 0 Å². The summed E-state index contributed by atoms with van der Waals surface area (Å²) in [5.74, 6) is -0.221. The highest BCUT2D eigenvalue weighted by molar-refractivity contribution is 7.16. The predicted molar refractivity (Wildman–Crippen MR) is 79.3 cm³/mol. The second kappa shape index (κ2) is 5.95. The minimum absolute atomic E-state index is 0.0286. The number of anilines is 1. The van der Waals surface area contributed by atoms with E-state index in [9.17, 15) is 4.79 Å². The zero-order valence-corrected chi connectivity index (χ0v) is 11.9. The number of hydrogen-bond donors (Lipinski definition) is 2. The summed E-state index contributed by atoms with van der Waals surface area (Å²) in [6.45, 7) is 4.10. The Morgan fingerprint density at radius 1 is 1.37 bits per heavy atom. The van der Waals surface area contributed by atoms with Crippen molar-refractivity contribution < 1.29 is 4.79 Å². The Balaban J connectivity index is 2.26. The lowest BCUT2D eigenvalue weighted by atomic mass is 10.1. The van der Waals surface area contributed by atoms with E-state index in [4.69, 9.17) is 5.73 Å². The second-order valence-corrected chi connectivity index (χ2v) is 5.43. The lowest BCUT2D eigenvalue weighted by Gasteiger charge is -2.01. The first-order valence-corrected chi connectivity index (χ1v) is 7.02. The van der Waals surface area contributed by atoms with Gasteiger partial charge < -0.3 is 11.1 Å². The molecule has 1 heterocycles. The average Bonchev–Trinajstić information content (AvgIpc) is 2.79. The third kappa shape index (κ3) is 3.19. The number of aryl methyl sites for hydroxylation is 2. The third-order valence-corrected chi connectivity index (χ3v) is 3.75. The Bertz CT molecular complexity index is 575. The molecule has 1 aromatic carbocycles. The maximum absolute atomic E-state index is 11.3. The molecule has 2 rings (SSSR count). The molecule has 0 aliphatic carbocycles. The number of carbonyl (C=O) groups is 1. The van der Waals surface area contributed by atoms with Crippen molar-refractivity contribution in [1.82, 2.24) is 4.98 Å². The lowest BCUT2D eigenvalue weighted by Crippen LogP contribution is -2.21. The van der Waals surface area contributed by atoms with Crippen molar-refractivity contribution in [1.29, 1.82) is 0 Å². The Labute approximate surface area is 116 Å². The van der Waals surface area contributed by atoms with Gasteiger partial charge >= 0.3 is 0 Å². The van der Waals surface area contributed by atoms with Gasteiger partial charge in [0.2, 0.25) is 5.91 Å². The molecule has 0 bridgehead atoms. The Kier molecular flexibility index (Phi) is 4.29. The number of thiazole rings is 1. The molecular weight excluding hydrogens is 258 g/mol. The fraction of sp³-hybridized carbons (Fsp3) is 0.286. The first kappa shape index (κ1) is 13.7. The van der Waals surface area contributed by atoms with Gasteiger partial charge in [-0.25, -0.2) is 4.98 Å². The van der Waals surface area contributed by atoms with Crippen LogP contribution in [0.3, 0.4) is 0 Å². The first-order valence-electron chi connectivity index (χ1n) is 6.20. The standard InChI is InChI=1S/C14H17N3OS/c1-3-10-4-6-11(7-5-10)13-9(2)19-14(17-13)16-12(18)8-15/h4-7H,3,8,15H2,1-2H3,(H,16,17,18). The van der Waals surface area contributed by atoms with Gasteiger partial charge in [0.25, 0.3) is 0 Å².